The summed E-state index contributed by atoms with van der Waals surface area (Å²) in [5.41, 5.74) is 1.03. The van der Waals surface area contributed by atoms with Gasteiger partial charge in [0.2, 0.25) is 0 Å². The smallest absolute Gasteiger partial charge is 0.295 e. The van der Waals surface area contributed by atoms with Gasteiger partial charge in [0.05, 0.1) is 38.5 Å². The van der Waals surface area contributed by atoms with E-state index in [1.165, 1.54) is 4.90 Å². The van der Waals surface area contributed by atoms with Gasteiger partial charge in [0.25, 0.3) is 11.7 Å². The zero-order valence-electron chi connectivity index (χ0n) is 23.7. The van der Waals surface area contributed by atoms with Gasteiger partial charge in [-0.2, -0.15) is 0 Å². The first-order valence-corrected chi connectivity index (χ1v) is 14.3. The number of benzene rings is 2. The van der Waals surface area contributed by atoms with Crippen molar-refractivity contribution in [1.29, 1.82) is 0 Å². The molecule has 10 nitrogen and oxygen atoms in total. The number of rotatable bonds is 11. The van der Waals surface area contributed by atoms with Crippen molar-refractivity contribution in [2.75, 3.05) is 66.3 Å². The lowest BCUT2D eigenvalue weighted by Gasteiger charge is -2.31. The van der Waals surface area contributed by atoms with Gasteiger partial charge in [-0.05, 0) is 42.3 Å². The van der Waals surface area contributed by atoms with Crippen LogP contribution in [0, 0.1) is 0 Å². The van der Waals surface area contributed by atoms with Gasteiger partial charge < -0.3 is 33.7 Å². The molecule has 41 heavy (non-hydrogen) atoms. The molecule has 3 heterocycles. The average molecular weight is 567 g/mol. The summed E-state index contributed by atoms with van der Waals surface area (Å²) in [6.45, 7) is 7.17. The van der Waals surface area contributed by atoms with Gasteiger partial charge in [-0.1, -0.05) is 25.8 Å². The number of likely N-dealkylation sites (tertiary alicyclic amines) is 1. The number of ketones is 1. The van der Waals surface area contributed by atoms with Gasteiger partial charge in [0.15, 0.2) is 23.0 Å². The summed E-state index contributed by atoms with van der Waals surface area (Å²) in [4.78, 5) is 30.7. The predicted octanol–water partition coefficient (Wildman–Crippen LogP) is 3.79. The van der Waals surface area contributed by atoms with Crippen LogP contribution < -0.4 is 18.9 Å². The molecule has 5 rings (SSSR count). The van der Waals surface area contributed by atoms with Crippen LogP contribution in [0.4, 0.5) is 0 Å². The van der Waals surface area contributed by atoms with Gasteiger partial charge >= 0.3 is 0 Å². The van der Waals surface area contributed by atoms with E-state index in [2.05, 4.69) is 11.8 Å². The molecule has 0 radical (unpaired) electrons. The molecule has 0 aliphatic carbocycles. The van der Waals surface area contributed by atoms with E-state index in [1.807, 2.05) is 6.07 Å². The number of Topliss-reactive ketones (excluding diaryl/α,β-unsaturated/α-hetero) is 1. The van der Waals surface area contributed by atoms with Gasteiger partial charge in [-0.3, -0.25) is 14.5 Å². The lowest BCUT2D eigenvalue weighted by Crippen LogP contribution is -2.42. The molecular weight excluding hydrogens is 528 g/mol. The first kappa shape index (κ1) is 28.8. The molecule has 2 saturated heterocycles. The second-order valence-corrected chi connectivity index (χ2v) is 10.3. The van der Waals surface area contributed by atoms with Crippen molar-refractivity contribution in [3.8, 4) is 23.0 Å². The van der Waals surface area contributed by atoms with Crippen molar-refractivity contribution in [2.24, 2.45) is 0 Å². The highest BCUT2D eigenvalue weighted by Gasteiger charge is 2.46. The normalized spacial score (nSPS) is 20.3. The maximum atomic E-state index is 13.5. The van der Waals surface area contributed by atoms with E-state index in [4.69, 9.17) is 23.7 Å². The fourth-order valence-electron chi connectivity index (χ4n) is 5.38. The number of nitrogens with zero attached hydrogens (tertiary/aromatic N) is 2. The lowest BCUT2D eigenvalue weighted by atomic mass is 9.94. The van der Waals surface area contributed by atoms with Crippen LogP contribution in [0.3, 0.4) is 0 Å². The first-order valence-electron chi connectivity index (χ1n) is 14.3. The van der Waals surface area contributed by atoms with E-state index < -0.39 is 17.7 Å². The molecule has 0 bridgehead atoms. The van der Waals surface area contributed by atoms with E-state index in [-0.39, 0.29) is 11.3 Å². The quantitative estimate of drug-likeness (QED) is 0.188. The minimum absolute atomic E-state index is 0.0207. The topological polar surface area (TPSA) is 107 Å². The zero-order chi connectivity index (χ0) is 28.8. The Morgan fingerprint density at radius 2 is 1.73 bits per heavy atom. The molecule has 1 N–H and O–H groups in total. The minimum atomic E-state index is -0.813. The standard InChI is InChI=1S/C31H38N2O8/c1-3-4-5-14-39-23-8-6-21(19-25(23)37-2)28-27(29(34)22-7-9-24-26(20-22)41-18-17-40-24)30(35)31(36)33(28)11-10-32-12-15-38-16-13-32/h6-9,19-20,28,34H,3-5,10-18H2,1-2H3. The molecule has 0 saturated carbocycles. The highest BCUT2D eigenvalue weighted by atomic mass is 16.6. The third kappa shape index (κ3) is 6.28. The average Bonchev–Trinajstić information content (AvgIpc) is 3.27. The number of fused-ring (bicyclic) bond motifs is 1. The van der Waals surface area contributed by atoms with E-state index in [1.54, 1.807) is 37.4 Å². The Morgan fingerprint density at radius 1 is 0.951 bits per heavy atom. The first-order chi connectivity index (χ1) is 20.0. The molecule has 0 spiro atoms. The Bertz CT molecular complexity index is 1290. The number of amides is 1. The second kappa shape index (κ2) is 13.3. The fraction of sp³-hybridized carbons (Fsp3) is 0.484. The number of ether oxygens (including phenoxy) is 5. The van der Waals surface area contributed by atoms with Crippen molar-refractivity contribution in [1.82, 2.24) is 9.80 Å². The Morgan fingerprint density at radius 3 is 2.49 bits per heavy atom. The van der Waals surface area contributed by atoms with Gasteiger partial charge in [0, 0.05) is 31.7 Å². The van der Waals surface area contributed by atoms with Crippen molar-refractivity contribution in [2.45, 2.75) is 32.2 Å². The van der Waals surface area contributed by atoms with Crippen LogP contribution >= 0.6 is 0 Å². The highest BCUT2D eigenvalue weighted by molar-refractivity contribution is 6.46. The van der Waals surface area contributed by atoms with Gasteiger partial charge in [0.1, 0.15) is 19.0 Å². The molecule has 10 heteroatoms. The predicted molar refractivity (Wildman–Crippen MR) is 152 cm³/mol. The van der Waals surface area contributed by atoms with Crippen LogP contribution in [0.25, 0.3) is 5.76 Å². The maximum Gasteiger partial charge on any atom is 0.295 e. The molecule has 1 atom stereocenters. The number of hydrogen-bond acceptors (Lipinski definition) is 9. The van der Waals surface area contributed by atoms with E-state index in [0.29, 0.717) is 80.2 Å². The Balaban J connectivity index is 1.51. The minimum Gasteiger partial charge on any atom is -0.507 e. The Hall–Kier alpha value is -3.76. The Labute approximate surface area is 240 Å². The Kier molecular flexibility index (Phi) is 9.31. The van der Waals surface area contributed by atoms with Crippen LogP contribution in [0.2, 0.25) is 0 Å². The summed E-state index contributed by atoms with van der Waals surface area (Å²) in [7, 11) is 1.56. The molecule has 1 amide bonds. The summed E-state index contributed by atoms with van der Waals surface area (Å²) in [6.07, 6.45) is 3.09. The lowest BCUT2D eigenvalue weighted by molar-refractivity contribution is -0.140. The summed E-state index contributed by atoms with van der Waals surface area (Å²) in [6, 6.07) is 9.59. The summed E-state index contributed by atoms with van der Waals surface area (Å²) < 4.78 is 28.4. The van der Waals surface area contributed by atoms with Crippen molar-refractivity contribution < 1.29 is 38.4 Å². The number of morpholine rings is 1. The fourth-order valence-corrected chi connectivity index (χ4v) is 5.38. The number of methoxy groups -OCH3 is 1. The molecule has 220 valence electrons. The van der Waals surface area contributed by atoms with Crippen molar-refractivity contribution in [3.63, 3.8) is 0 Å². The molecule has 1 unspecified atom stereocenters. The number of carbonyl (C=O) groups is 2. The van der Waals surface area contributed by atoms with Crippen molar-refractivity contribution >= 4 is 17.4 Å². The number of carbonyl (C=O) groups excluding carboxylic acids is 2. The molecule has 2 fully saturated rings. The molecule has 3 aliphatic heterocycles. The summed E-state index contributed by atoms with van der Waals surface area (Å²) >= 11 is 0. The van der Waals surface area contributed by atoms with Crippen LogP contribution in [-0.4, -0.2) is 92.9 Å². The third-order valence-electron chi connectivity index (χ3n) is 7.63. The number of hydrogen-bond donors (Lipinski definition) is 1. The molecule has 2 aromatic carbocycles. The molecular formula is C31H38N2O8. The van der Waals surface area contributed by atoms with Crippen molar-refractivity contribution in [3.05, 3.63) is 53.1 Å². The largest absolute Gasteiger partial charge is 0.507 e. The van der Waals surface area contributed by atoms with Gasteiger partial charge in [-0.15, -0.1) is 0 Å². The monoisotopic (exact) mass is 566 g/mol. The SMILES string of the molecule is CCCCCOc1ccc(C2C(=C(O)c3ccc4c(c3)OCCO4)C(=O)C(=O)N2CCN2CCOCC2)cc1OC. The van der Waals surface area contributed by atoms with Crippen LogP contribution in [-0.2, 0) is 14.3 Å². The van der Waals surface area contributed by atoms with E-state index >= 15 is 0 Å². The van der Waals surface area contributed by atoms with E-state index in [0.717, 1.165) is 32.4 Å². The summed E-state index contributed by atoms with van der Waals surface area (Å²) in [5.74, 6) is 0.475. The summed E-state index contributed by atoms with van der Waals surface area (Å²) in [5, 5.41) is 11.5. The van der Waals surface area contributed by atoms with Crippen LogP contribution in [0.5, 0.6) is 23.0 Å². The highest BCUT2D eigenvalue weighted by Crippen LogP contribution is 2.43. The number of unbranched alkanes of at least 4 members (excludes halogenated alkanes) is 2. The maximum absolute atomic E-state index is 13.5. The molecule has 3 aliphatic rings. The second-order valence-electron chi connectivity index (χ2n) is 10.3. The third-order valence-corrected chi connectivity index (χ3v) is 7.63. The molecule has 2 aromatic rings. The van der Waals surface area contributed by atoms with Gasteiger partial charge in [-0.25, -0.2) is 0 Å². The number of aliphatic hydroxyl groups excluding tert-OH is 1. The van der Waals surface area contributed by atoms with Crippen LogP contribution in [0.15, 0.2) is 42.0 Å². The molecule has 0 aromatic heterocycles. The number of aliphatic hydroxyl groups is 1. The zero-order valence-corrected chi connectivity index (χ0v) is 23.7. The van der Waals surface area contributed by atoms with E-state index in [9.17, 15) is 14.7 Å². The van der Waals surface area contributed by atoms with Crippen LogP contribution in [0.1, 0.15) is 43.4 Å².